The van der Waals surface area contributed by atoms with Crippen LogP contribution in [0.25, 0.3) is 0 Å². The van der Waals surface area contributed by atoms with E-state index >= 15 is 0 Å². The van der Waals surface area contributed by atoms with E-state index in [1.807, 2.05) is 13.8 Å². The number of hydrogen-bond donors (Lipinski definition) is 2. The van der Waals surface area contributed by atoms with Crippen LogP contribution >= 0.6 is 11.3 Å². The van der Waals surface area contributed by atoms with E-state index < -0.39 is 12.0 Å². The molecule has 0 spiro atoms. The van der Waals surface area contributed by atoms with Crippen molar-refractivity contribution in [3.05, 3.63) is 34.7 Å². The predicted octanol–water partition coefficient (Wildman–Crippen LogP) is 3.11. The van der Waals surface area contributed by atoms with Gasteiger partial charge in [-0.05, 0) is 31.0 Å². The monoisotopic (exact) mass is 376 g/mol. The summed E-state index contributed by atoms with van der Waals surface area (Å²) >= 11 is 1.34. The summed E-state index contributed by atoms with van der Waals surface area (Å²) in [6.07, 6.45) is -0.777. The van der Waals surface area contributed by atoms with Crippen molar-refractivity contribution in [2.75, 3.05) is 12.1 Å². The van der Waals surface area contributed by atoms with E-state index in [-0.39, 0.29) is 18.6 Å². The van der Waals surface area contributed by atoms with Gasteiger partial charge in [-0.1, -0.05) is 13.8 Å². The summed E-state index contributed by atoms with van der Waals surface area (Å²) in [5.41, 5.74) is 5.72. The first-order valence-corrected chi connectivity index (χ1v) is 8.97. The van der Waals surface area contributed by atoms with Gasteiger partial charge in [-0.15, -0.1) is 11.3 Å². The molecule has 0 saturated carbocycles. The molecule has 26 heavy (non-hydrogen) atoms. The van der Waals surface area contributed by atoms with Crippen molar-refractivity contribution in [1.29, 1.82) is 0 Å². The number of anilines is 1. The minimum Gasteiger partial charge on any atom is -0.481 e. The number of nitrogens with two attached hydrogens (primary N) is 1. The first kappa shape index (κ1) is 18.1. The van der Waals surface area contributed by atoms with Gasteiger partial charge in [-0.2, -0.15) is 0 Å². The number of amides is 2. The summed E-state index contributed by atoms with van der Waals surface area (Å²) in [6, 6.07) is 6.81. The van der Waals surface area contributed by atoms with Crippen molar-refractivity contribution in [2.45, 2.75) is 32.8 Å². The van der Waals surface area contributed by atoms with E-state index in [9.17, 15) is 9.59 Å². The molecule has 0 saturated heterocycles. The number of nitrogens with one attached hydrogen (secondary N) is 1. The fourth-order valence-electron chi connectivity index (χ4n) is 2.39. The zero-order chi connectivity index (χ0) is 18.8. The second-order valence-electron chi connectivity index (χ2n) is 6.17. The largest absolute Gasteiger partial charge is 0.481 e. The first-order valence-electron chi connectivity index (χ1n) is 8.16. The smallest absolute Gasteiger partial charge is 0.265 e. The van der Waals surface area contributed by atoms with Gasteiger partial charge in [0.25, 0.3) is 11.8 Å². The Kier molecular flexibility index (Phi) is 5.03. The molecule has 7 nitrogen and oxygen atoms in total. The number of fused-ring (bicyclic) bond motifs is 1. The van der Waals surface area contributed by atoms with Gasteiger partial charge >= 0.3 is 0 Å². The van der Waals surface area contributed by atoms with Crippen LogP contribution in [0.15, 0.2) is 24.3 Å². The zero-order valence-corrected chi connectivity index (χ0v) is 15.5. The molecule has 8 heteroatoms. The molecule has 2 heterocycles. The molecule has 2 amide bonds. The van der Waals surface area contributed by atoms with Gasteiger partial charge in [0, 0.05) is 10.9 Å². The van der Waals surface area contributed by atoms with E-state index in [4.69, 9.17) is 19.9 Å². The Morgan fingerprint density at radius 3 is 2.62 bits per heavy atom. The lowest BCUT2D eigenvalue weighted by molar-refractivity contribution is -0.122. The molecule has 1 aromatic heterocycles. The van der Waals surface area contributed by atoms with Crippen LogP contribution in [0.1, 0.15) is 41.9 Å². The van der Waals surface area contributed by atoms with Gasteiger partial charge in [0.1, 0.15) is 10.8 Å². The third kappa shape index (κ3) is 3.75. The van der Waals surface area contributed by atoms with Crippen LogP contribution in [0.3, 0.4) is 0 Å². The molecule has 0 radical (unpaired) electrons. The number of hydrogen-bond acceptors (Lipinski definition) is 6. The summed E-state index contributed by atoms with van der Waals surface area (Å²) in [7, 11) is 0. The molecular formula is C18H20N2O5S. The number of primary amides is 1. The van der Waals surface area contributed by atoms with E-state index in [0.717, 1.165) is 4.88 Å². The molecule has 3 N–H and O–H groups in total. The van der Waals surface area contributed by atoms with Gasteiger partial charge in [0.15, 0.2) is 17.6 Å². The molecule has 0 fully saturated rings. The molecular weight excluding hydrogens is 356 g/mol. The highest BCUT2D eigenvalue weighted by molar-refractivity contribution is 7.16. The summed E-state index contributed by atoms with van der Waals surface area (Å²) in [6.45, 7) is 5.81. The van der Waals surface area contributed by atoms with Crippen molar-refractivity contribution < 1.29 is 23.8 Å². The van der Waals surface area contributed by atoms with Crippen LogP contribution < -0.4 is 25.3 Å². The topological polar surface area (TPSA) is 99.9 Å². The quantitative estimate of drug-likeness (QED) is 0.807. The number of carbonyl (C=O) groups is 2. The van der Waals surface area contributed by atoms with Crippen LogP contribution in [-0.2, 0) is 4.79 Å². The molecule has 2 aromatic rings. The Balaban J connectivity index is 1.70. The fraction of sp³-hybridized carbons (Fsp3) is 0.333. The van der Waals surface area contributed by atoms with Gasteiger partial charge < -0.3 is 25.3 Å². The van der Waals surface area contributed by atoms with E-state index in [1.165, 1.54) is 11.3 Å². The zero-order valence-electron chi connectivity index (χ0n) is 14.7. The summed E-state index contributed by atoms with van der Waals surface area (Å²) in [5.74, 6) is 0.980. The number of benzene rings is 1. The Labute approximate surface area is 155 Å². The molecule has 0 aliphatic carbocycles. The SMILES string of the molecule is CC(C)c1cc(C(N)=O)c(NC(=O)[C@H](C)Oc2ccc3c(c2)OCO3)s1. The minimum atomic E-state index is -0.777. The van der Waals surface area contributed by atoms with Crippen LogP contribution in [0.5, 0.6) is 17.2 Å². The molecule has 0 bridgehead atoms. The van der Waals surface area contributed by atoms with E-state index in [2.05, 4.69) is 5.32 Å². The molecule has 138 valence electrons. The minimum absolute atomic E-state index is 0.168. The van der Waals surface area contributed by atoms with Gasteiger partial charge in [-0.25, -0.2) is 0 Å². The average molecular weight is 376 g/mol. The number of carbonyl (C=O) groups excluding carboxylic acids is 2. The molecule has 1 aromatic carbocycles. The molecule has 1 aliphatic heterocycles. The van der Waals surface area contributed by atoms with Crippen LogP contribution in [0.2, 0.25) is 0 Å². The van der Waals surface area contributed by atoms with Gasteiger partial charge in [0.05, 0.1) is 5.56 Å². The van der Waals surface area contributed by atoms with Crippen LogP contribution in [0.4, 0.5) is 5.00 Å². The van der Waals surface area contributed by atoms with Gasteiger partial charge in [0.2, 0.25) is 6.79 Å². The normalized spacial score (nSPS) is 13.5. The van der Waals surface area contributed by atoms with Crippen molar-refractivity contribution in [1.82, 2.24) is 0 Å². The Morgan fingerprint density at radius 2 is 1.92 bits per heavy atom. The first-order chi connectivity index (χ1) is 12.3. The van der Waals surface area contributed by atoms with Crippen molar-refractivity contribution in [2.24, 2.45) is 5.73 Å². The van der Waals surface area contributed by atoms with Gasteiger partial charge in [-0.3, -0.25) is 9.59 Å². The Hall–Kier alpha value is -2.74. The van der Waals surface area contributed by atoms with Crippen LogP contribution in [-0.4, -0.2) is 24.7 Å². The molecule has 3 rings (SSSR count). The molecule has 1 aliphatic rings. The average Bonchev–Trinajstić information content (AvgIpc) is 3.20. The van der Waals surface area contributed by atoms with Crippen molar-refractivity contribution >= 4 is 28.2 Å². The highest BCUT2D eigenvalue weighted by atomic mass is 32.1. The summed E-state index contributed by atoms with van der Waals surface area (Å²) < 4.78 is 16.2. The fourth-order valence-corrected chi connectivity index (χ4v) is 3.46. The maximum atomic E-state index is 12.5. The van der Waals surface area contributed by atoms with E-state index in [0.29, 0.717) is 27.8 Å². The predicted molar refractivity (Wildman–Crippen MR) is 98.2 cm³/mol. The second kappa shape index (κ2) is 7.25. The number of rotatable bonds is 6. The third-order valence-electron chi connectivity index (χ3n) is 3.85. The van der Waals surface area contributed by atoms with Crippen LogP contribution in [0, 0.1) is 0 Å². The lowest BCUT2D eigenvalue weighted by Crippen LogP contribution is -2.30. The summed E-state index contributed by atoms with van der Waals surface area (Å²) in [4.78, 5) is 25.1. The lowest BCUT2D eigenvalue weighted by atomic mass is 10.1. The maximum Gasteiger partial charge on any atom is 0.265 e. The Morgan fingerprint density at radius 1 is 1.19 bits per heavy atom. The van der Waals surface area contributed by atoms with Crippen molar-refractivity contribution in [3.8, 4) is 17.2 Å². The molecule has 1 atom stereocenters. The highest BCUT2D eigenvalue weighted by Gasteiger charge is 2.22. The third-order valence-corrected chi connectivity index (χ3v) is 5.20. The lowest BCUT2D eigenvalue weighted by Gasteiger charge is -2.14. The second-order valence-corrected chi connectivity index (χ2v) is 7.26. The summed E-state index contributed by atoms with van der Waals surface area (Å²) in [5, 5.41) is 3.17. The van der Waals surface area contributed by atoms with E-state index in [1.54, 1.807) is 31.2 Å². The Bertz CT molecular complexity index is 846. The highest BCUT2D eigenvalue weighted by Crippen LogP contribution is 2.36. The maximum absolute atomic E-state index is 12.5. The molecule has 0 unspecified atom stereocenters. The van der Waals surface area contributed by atoms with Crippen molar-refractivity contribution in [3.63, 3.8) is 0 Å². The number of thiophene rings is 1. The number of ether oxygens (including phenoxy) is 3. The standard InChI is InChI=1S/C18H20N2O5S/c1-9(2)15-7-12(16(19)21)18(26-15)20-17(22)10(3)25-11-4-5-13-14(6-11)24-8-23-13/h4-7,9-10H,8H2,1-3H3,(H2,19,21)(H,20,22)/t10-/m0/s1.